The summed E-state index contributed by atoms with van der Waals surface area (Å²) in [6, 6.07) is 9.35. The van der Waals surface area contributed by atoms with Crippen molar-refractivity contribution in [2.75, 3.05) is 5.32 Å². The first-order chi connectivity index (χ1) is 11.9. The zero-order valence-corrected chi connectivity index (χ0v) is 15.2. The van der Waals surface area contributed by atoms with Gasteiger partial charge in [-0.25, -0.2) is 9.37 Å². The summed E-state index contributed by atoms with van der Waals surface area (Å²) in [4.78, 5) is 17.6. The van der Waals surface area contributed by atoms with E-state index in [0.29, 0.717) is 16.3 Å². The van der Waals surface area contributed by atoms with Crippen LogP contribution in [0.15, 0.2) is 58.8 Å². The van der Waals surface area contributed by atoms with Gasteiger partial charge >= 0.3 is 0 Å². The number of aromatic nitrogens is 2. The van der Waals surface area contributed by atoms with Crippen LogP contribution in [0.25, 0.3) is 0 Å². The predicted molar refractivity (Wildman–Crippen MR) is 97.9 cm³/mol. The predicted octanol–water partition coefficient (Wildman–Crippen LogP) is 4.92. The number of carbonyl (C=O) groups excluding carboxylic acids is 1. The largest absolute Gasteiger partial charge is 0.329 e. The first kappa shape index (κ1) is 17.5. The van der Waals surface area contributed by atoms with Gasteiger partial charge in [-0.1, -0.05) is 17.7 Å². The number of hydrogen-bond donors (Lipinski definition) is 1. The van der Waals surface area contributed by atoms with Crippen LogP contribution in [-0.4, -0.2) is 15.5 Å². The van der Waals surface area contributed by atoms with Gasteiger partial charge in [-0.3, -0.25) is 4.79 Å². The van der Waals surface area contributed by atoms with E-state index in [4.69, 9.17) is 11.6 Å². The van der Waals surface area contributed by atoms with Gasteiger partial charge in [0.2, 0.25) is 0 Å². The van der Waals surface area contributed by atoms with E-state index in [1.807, 2.05) is 23.9 Å². The average Bonchev–Trinajstić information content (AvgIpc) is 2.97. The Morgan fingerprint density at radius 1 is 1.28 bits per heavy atom. The van der Waals surface area contributed by atoms with Crippen molar-refractivity contribution in [3.63, 3.8) is 0 Å². The summed E-state index contributed by atoms with van der Waals surface area (Å²) in [5.74, 6) is -0.842. The maximum absolute atomic E-state index is 13.5. The molecule has 1 heterocycles. The quantitative estimate of drug-likeness (QED) is 0.703. The summed E-state index contributed by atoms with van der Waals surface area (Å²) in [7, 11) is 1.89. The van der Waals surface area contributed by atoms with Gasteiger partial charge in [0, 0.05) is 34.9 Å². The van der Waals surface area contributed by atoms with Gasteiger partial charge in [-0.05, 0) is 54.6 Å². The molecule has 0 aliphatic rings. The highest BCUT2D eigenvalue weighted by molar-refractivity contribution is 7.99. The second kappa shape index (κ2) is 7.29. The number of aryl methyl sites for hydroxylation is 2. The van der Waals surface area contributed by atoms with Crippen LogP contribution in [0, 0.1) is 12.7 Å². The molecule has 128 valence electrons. The summed E-state index contributed by atoms with van der Waals surface area (Å²) in [6.07, 6.45) is 3.54. The molecule has 0 radical (unpaired) electrons. The van der Waals surface area contributed by atoms with Gasteiger partial charge in [-0.15, -0.1) is 0 Å². The molecule has 3 aromatic rings. The standard InChI is InChI=1S/C18H15ClFN3OS/c1-11-3-5-13(20)10-14(11)17(24)22-15-9-12(19)4-6-16(15)25-18-21-7-8-23(18)2/h3-10H,1-2H3,(H,22,24). The average molecular weight is 376 g/mol. The van der Waals surface area contributed by atoms with Crippen molar-refractivity contribution in [3.05, 3.63) is 70.8 Å². The second-order valence-electron chi connectivity index (χ2n) is 5.48. The van der Waals surface area contributed by atoms with Crippen LogP contribution in [0.2, 0.25) is 5.02 Å². The first-order valence-electron chi connectivity index (χ1n) is 7.46. The summed E-state index contributed by atoms with van der Waals surface area (Å²) in [5, 5.41) is 4.09. The lowest BCUT2D eigenvalue weighted by molar-refractivity contribution is 0.102. The van der Waals surface area contributed by atoms with Crippen molar-refractivity contribution in [3.8, 4) is 0 Å². The molecule has 0 spiro atoms. The fourth-order valence-electron chi connectivity index (χ4n) is 2.27. The number of nitrogens with one attached hydrogen (secondary N) is 1. The Hall–Kier alpha value is -2.31. The number of carbonyl (C=O) groups is 1. The highest BCUT2D eigenvalue weighted by atomic mass is 35.5. The molecule has 0 bridgehead atoms. The van der Waals surface area contributed by atoms with E-state index in [1.165, 1.54) is 23.9 Å². The van der Waals surface area contributed by atoms with E-state index < -0.39 is 5.82 Å². The van der Waals surface area contributed by atoms with Crippen LogP contribution in [0.3, 0.4) is 0 Å². The Bertz CT molecular complexity index is 942. The smallest absolute Gasteiger partial charge is 0.256 e. The molecular weight excluding hydrogens is 361 g/mol. The molecule has 2 aromatic carbocycles. The molecule has 1 aromatic heterocycles. The van der Waals surface area contributed by atoms with Gasteiger partial charge in [0.25, 0.3) is 5.91 Å². The first-order valence-corrected chi connectivity index (χ1v) is 8.66. The molecule has 7 heteroatoms. The molecule has 3 rings (SSSR count). The zero-order chi connectivity index (χ0) is 18.0. The highest BCUT2D eigenvalue weighted by Gasteiger charge is 2.14. The van der Waals surface area contributed by atoms with Crippen molar-refractivity contribution < 1.29 is 9.18 Å². The minimum Gasteiger partial charge on any atom is -0.329 e. The SMILES string of the molecule is Cc1ccc(F)cc1C(=O)Nc1cc(Cl)ccc1Sc1nccn1C. The number of amides is 1. The third-order valence-corrected chi connectivity index (χ3v) is 5.00. The van der Waals surface area contributed by atoms with E-state index >= 15 is 0 Å². The molecule has 4 nitrogen and oxygen atoms in total. The Kier molecular flexibility index (Phi) is 5.11. The van der Waals surface area contributed by atoms with Crippen LogP contribution in [0.1, 0.15) is 15.9 Å². The maximum atomic E-state index is 13.5. The van der Waals surface area contributed by atoms with Gasteiger partial charge in [0.05, 0.1) is 5.69 Å². The van der Waals surface area contributed by atoms with Crippen LogP contribution in [0.4, 0.5) is 10.1 Å². The molecule has 25 heavy (non-hydrogen) atoms. The molecule has 0 saturated heterocycles. The lowest BCUT2D eigenvalue weighted by Crippen LogP contribution is -2.14. The van der Waals surface area contributed by atoms with Crippen molar-refractivity contribution in [1.82, 2.24) is 9.55 Å². The fourth-order valence-corrected chi connectivity index (χ4v) is 3.31. The third kappa shape index (κ3) is 4.03. The van der Waals surface area contributed by atoms with Crippen molar-refractivity contribution >= 4 is 35.0 Å². The normalized spacial score (nSPS) is 10.7. The van der Waals surface area contributed by atoms with E-state index in [9.17, 15) is 9.18 Å². The van der Waals surface area contributed by atoms with Gasteiger partial charge in [0.15, 0.2) is 5.16 Å². The van der Waals surface area contributed by atoms with Gasteiger partial charge < -0.3 is 9.88 Å². The number of imidazole rings is 1. The minimum atomic E-state index is -0.454. The number of halogens is 2. The van der Waals surface area contributed by atoms with E-state index in [-0.39, 0.29) is 11.5 Å². The number of hydrogen-bond acceptors (Lipinski definition) is 3. The van der Waals surface area contributed by atoms with Crippen LogP contribution < -0.4 is 5.32 Å². The monoisotopic (exact) mass is 375 g/mol. The van der Waals surface area contributed by atoms with Crippen molar-refractivity contribution in [2.24, 2.45) is 7.05 Å². The summed E-state index contributed by atoms with van der Waals surface area (Å²) >= 11 is 7.48. The summed E-state index contributed by atoms with van der Waals surface area (Å²) < 4.78 is 15.3. The molecule has 0 aliphatic heterocycles. The Balaban J connectivity index is 1.91. The number of nitrogens with zero attached hydrogens (tertiary/aromatic N) is 2. The Morgan fingerprint density at radius 2 is 2.08 bits per heavy atom. The van der Waals surface area contributed by atoms with Crippen molar-refractivity contribution in [2.45, 2.75) is 17.0 Å². The van der Waals surface area contributed by atoms with Crippen LogP contribution in [0.5, 0.6) is 0 Å². The highest BCUT2D eigenvalue weighted by Crippen LogP contribution is 2.34. The number of rotatable bonds is 4. The topological polar surface area (TPSA) is 46.9 Å². The van der Waals surface area contributed by atoms with Crippen LogP contribution in [-0.2, 0) is 7.05 Å². The Labute approximate surface area is 154 Å². The zero-order valence-electron chi connectivity index (χ0n) is 13.6. The molecule has 1 amide bonds. The number of benzene rings is 2. The molecule has 0 unspecified atom stereocenters. The van der Waals surface area contributed by atoms with Gasteiger partial charge in [0.1, 0.15) is 5.82 Å². The van der Waals surface area contributed by atoms with E-state index in [2.05, 4.69) is 10.3 Å². The van der Waals surface area contributed by atoms with Crippen LogP contribution >= 0.6 is 23.4 Å². The Morgan fingerprint density at radius 3 is 2.80 bits per heavy atom. The lowest BCUT2D eigenvalue weighted by atomic mass is 10.1. The number of anilines is 1. The third-order valence-electron chi connectivity index (χ3n) is 3.61. The minimum absolute atomic E-state index is 0.285. The summed E-state index contributed by atoms with van der Waals surface area (Å²) in [5.41, 5.74) is 1.53. The maximum Gasteiger partial charge on any atom is 0.256 e. The molecule has 0 aliphatic carbocycles. The van der Waals surface area contributed by atoms with E-state index in [1.54, 1.807) is 31.3 Å². The lowest BCUT2D eigenvalue weighted by Gasteiger charge is -2.12. The molecule has 1 N–H and O–H groups in total. The fraction of sp³-hybridized carbons (Fsp3) is 0.111. The second-order valence-corrected chi connectivity index (χ2v) is 6.92. The van der Waals surface area contributed by atoms with Crippen molar-refractivity contribution in [1.29, 1.82) is 0 Å². The molecule has 0 fully saturated rings. The van der Waals surface area contributed by atoms with Gasteiger partial charge in [-0.2, -0.15) is 0 Å². The molecular formula is C18H15ClFN3OS. The molecule has 0 saturated carbocycles. The molecule has 0 atom stereocenters. The van der Waals surface area contributed by atoms with E-state index in [0.717, 1.165) is 10.1 Å². The summed E-state index contributed by atoms with van der Waals surface area (Å²) in [6.45, 7) is 1.76.